The fraction of sp³-hybridized carbons (Fsp3) is 0.412. The van der Waals surface area contributed by atoms with Crippen LogP contribution in [0.2, 0.25) is 0 Å². The number of carbonyl (C=O) groups is 1. The van der Waals surface area contributed by atoms with Gasteiger partial charge in [-0.05, 0) is 37.0 Å². The number of dihydropyridines is 1. The van der Waals surface area contributed by atoms with Crippen LogP contribution in [0.1, 0.15) is 19.3 Å². The molecule has 1 aliphatic heterocycles. The lowest BCUT2D eigenvalue weighted by Gasteiger charge is -2.41. The van der Waals surface area contributed by atoms with Crippen LogP contribution in [0.15, 0.2) is 41.4 Å². The normalized spacial score (nSPS) is 24.5. The summed E-state index contributed by atoms with van der Waals surface area (Å²) in [5, 5.41) is 0. The highest BCUT2D eigenvalue weighted by molar-refractivity contribution is 5.99. The first-order valence-corrected chi connectivity index (χ1v) is 7.51. The van der Waals surface area contributed by atoms with E-state index in [1.54, 1.807) is 12.1 Å². The van der Waals surface area contributed by atoms with E-state index in [1.807, 2.05) is 12.2 Å². The second-order valence-electron chi connectivity index (χ2n) is 5.92. The number of halogens is 1. The topological polar surface area (TPSA) is 64.7 Å². The smallest absolute Gasteiger partial charge is 0.229 e. The van der Waals surface area contributed by atoms with Gasteiger partial charge >= 0.3 is 0 Å². The lowest BCUT2D eigenvalue weighted by atomic mass is 9.64. The number of rotatable bonds is 5. The predicted molar refractivity (Wildman–Crippen MR) is 82.3 cm³/mol. The zero-order valence-electron chi connectivity index (χ0n) is 12.3. The molecule has 22 heavy (non-hydrogen) atoms. The maximum absolute atomic E-state index is 13.1. The number of aliphatic imine (C=N–C) groups is 1. The van der Waals surface area contributed by atoms with Crippen LogP contribution in [0.4, 0.5) is 4.39 Å². The first-order chi connectivity index (χ1) is 10.6. The zero-order chi connectivity index (χ0) is 15.6. The quantitative estimate of drug-likeness (QED) is 0.908. The van der Waals surface area contributed by atoms with Crippen molar-refractivity contribution in [3.05, 3.63) is 42.2 Å². The van der Waals surface area contributed by atoms with Crippen molar-refractivity contribution in [3.63, 3.8) is 0 Å². The van der Waals surface area contributed by atoms with Gasteiger partial charge in [0, 0.05) is 6.07 Å². The molecule has 2 aliphatic rings. The van der Waals surface area contributed by atoms with Crippen LogP contribution in [0.5, 0.6) is 5.75 Å². The molecule has 1 aromatic carbocycles. The van der Waals surface area contributed by atoms with Gasteiger partial charge in [0.1, 0.15) is 18.2 Å². The molecular formula is C17H19FN2O2. The first kappa shape index (κ1) is 14.8. The fourth-order valence-electron chi connectivity index (χ4n) is 2.94. The Morgan fingerprint density at radius 3 is 2.82 bits per heavy atom. The zero-order valence-corrected chi connectivity index (χ0v) is 12.3. The van der Waals surface area contributed by atoms with E-state index >= 15 is 0 Å². The van der Waals surface area contributed by atoms with Gasteiger partial charge in [-0.25, -0.2) is 4.39 Å². The SMILES string of the molecule is NC(=O)C1(C2CCC2)C=CC(COc2cccc(F)c2)=NC1. The van der Waals surface area contributed by atoms with E-state index in [4.69, 9.17) is 10.5 Å². The largest absolute Gasteiger partial charge is 0.487 e. The third-order valence-corrected chi connectivity index (χ3v) is 4.59. The highest BCUT2D eigenvalue weighted by Gasteiger charge is 2.45. The summed E-state index contributed by atoms with van der Waals surface area (Å²) in [6, 6.07) is 5.98. The summed E-state index contributed by atoms with van der Waals surface area (Å²) in [7, 11) is 0. The molecule has 0 bridgehead atoms. The molecule has 1 atom stereocenters. The van der Waals surface area contributed by atoms with Crippen LogP contribution < -0.4 is 10.5 Å². The van der Waals surface area contributed by atoms with Crippen molar-refractivity contribution < 1.29 is 13.9 Å². The van der Waals surface area contributed by atoms with Crippen molar-refractivity contribution in [3.8, 4) is 5.75 Å². The summed E-state index contributed by atoms with van der Waals surface area (Å²) in [4.78, 5) is 16.3. The van der Waals surface area contributed by atoms with Crippen LogP contribution in [-0.4, -0.2) is 24.8 Å². The third kappa shape index (κ3) is 2.75. The molecule has 116 valence electrons. The van der Waals surface area contributed by atoms with E-state index in [2.05, 4.69) is 4.99 Å². The second-order valence-corrected chi connectivity index (χ2v) is 5.92. The Hall–Kier alpha value is -2.17. The standard InChI is InChI=1S/C17H19FN2O2/c18-13-5-2-6-15(9-13)22-10-14-7-8-17(11-20-14,16(19)21)12-3-1-4-12/h2,5-9,12H,1,3-4,10-11H2,(H2,19,21). The lowest BCUT2D eigenvalue weighted by molar-refractivity contribution is -0.128. The molecular weight excluding hydrogens is 283 g/mol. The second kappa shape index (κ2) is 5.91. The van der Waals surface area contributed by atoms with Gasteiger partial charge in [0.05, 0.1) is 17.7 Å². The van der Waals surface area contributed by atoms with Gasteiger partial charge in [0.25, 0.3) is 0 Å². The van der Waals surface area contributed by atoms with Crippen molar-refractivity contribution in [2.75, 3.05) is 13.2 Å². The molecule has 0 spiro atoms. The number of hydrogen-bond acceptors (Lipinski definition) is 3. The van der Waals surface area contributed by atoms with Crippen molar-refractivity contribution in [1.82, 2.24) is 0 Å². The molecule has 4 nitrogen and oxygen atoms in total. The Kier molecular flexibility index (Phi) is 3.96. The van der Waals surface area contributed by atoms with Crippen LogP contribution in [0.3, 0.4) is 0 Å². The Morgan fingerprint density at radius 2 is 2.27 bits per heavy atom. The van der Waals surface area contributed by atoms with Gasteiger partial charge < -0.3 is 10.5 Å². The van der Waals surface area contributed by atoms with E-state index in [1.165, 1.54) is 12.1 Å². The Bertz CT molecular complexity index is 637. The van der Waals surface area contributed by atoms with Gasteiger partial charge in [0.2, 0.25) is 5.91 Å². The molecule has 1 saturated carbocycles. The summed E-state index contributed by atoms with van der Waals surface area (Å²) in [6.45, 7) is 0.630. The first-order valence-electron chi connectivity index (χ1n) is 7.51. The van der Waals surface area contributed by atoms with Crippen molar-refractivity contribution in [2.45, 2.75) is 19.3 Å². The van der Waals surface area contributed by atoms with Crippen LogP contribution in [-0.2, 0) is 4.79 Å². The van der Waals surface area contributed by atoms with E-state index in [0.717, 1.165) is 25.0 Å². The van der Waals surface area contributed by atoms with E-state index < -0.39 is 5.41 Å². The summed E-state index contributed by atoms with van der Waals surface area (Å²) in [5.41, 5.74) is 5.71. The molecule has 0 radical (unpaired) electrons. The molecule has 3 rings (SSSR count). The maximum Gasteiger partial charge on any atom is 0.229 e. The highest BCUT2D eigenvalue weighted by atomic mass is 19.1. The number of primary amides is 1. The highest BCUT2D eigenvalue weighted by Crippen LogP contribution is 2.44. The van der Waals surface area contributed by atoms with Gasteiger partial charge in [-0.2, -0.15) is 0 Å². The van der Waals surface area contributed by atoms with Gasteiger partial charge in [0.15, 0.2) is 0 Å². The van der Waals surface area contributed by atoms with E-state index in [-0.39, 0.29) is 18.3 Å². The van der Waals surface area contributed by atoms with E-state index in [0.29, 0.717) is 18.2 Å². The predicted octanol–water partition coefficient (Wildman–Crippen LogP) is 2.49. The molecule has 1 fully saturated rings. The number of benzene rings is 1. The molecule has 1 amide bonds. The summed E-state index contributed by atoms with van der Waals surface area (Å²) in [5.74, 6) is 0.121. The Morgan fingerprint density at radius 1 is 1.45 bits per heavy atom. The summed E-state index contributed by atoms with van der Waals surface area (Å²) in [6.07, 6.45) is 6.89. The monoisotopic (exact) mass is 302 g/mol. The fourth-order valence-corrected chi connectivity index (χ4v) is 2.94. The van der Waals surface area contributed by atoms with Gasteiger partial charge in [-0.3, -0.25) is 9.79 Å². The molecule has 1 aromatic rings. The molecule has 1 unspecified atom stereocenters. The molecule has 2 N–H and O–H groups in total. The summed E-state index contributed by atoms with van der Waals surface area (Å²) < 4.78 is 18.6. The minimum absolute atomic E-state index is 0.249. The number of ether oxygens (including phenoxy) is 1. The Balaban J connectivity index is 1.64. The number of nitrogens with two attached hydrogens (primary N) is 1. The minimum atomic E-state index is -0.638. The van der Waals surface area contributed by atoms with Crippen LogP contribution >= 0.6 is 0 Å². The van der Waals surface area contributed by atoms with Gasteiger partial charge in [-0.15, -0.1) is 0 Å². The maximum atomic E-state index is 13.1. The number of amides is 1. The molecule has 0 aromatic heterocycles. The molecule has 0 saturated heterocycles. The lowest BCUT2D eigenvalue weighted by Crippen LogP contribution is -2.48. The number of carbonyl (C=O) groups excluding carboxylic acids is 1. The number of nitrogens with zero attached hydrogens (tertiary/aromatic N) is 1. The van der Waals surface area contributed by atoms with Crippen LogP contribution in [0, 0.1) is 17.2 Å². The average Bonchev–Trinajstić information content (AvgIpc) is 2.44. The van der Waals surface area contributed by atoms with Gasteiger partial charge in [-0.1, -0.05) is 18.6 Å². The Labute approximate surface area is 128 Å². The third-order valence-electron chi connectivity index (χ3n) is 4.59. The molecule has 1 heterocycles. The number of hydrogen-bond donors (Lipinski definition) is 1. The van der Waals surface area contributed by atoms with Crippen molar-refractivity contribution >= 4 is 11.6 Å². The molecule has 1 aliphatic carbocycles. The summed E-state index contributed by atoms with van der Waals surface area (Å²) >= 11 is 0. The van der Waals surface area contributed by atoms with E-state index in [9.17, 15) is 9.18 Å². The van der Waals surface area contributed by atoms with Crippen molar-refractivity contribution in [2.24, 2.45) is 22.1 Å². The minimum Gasteiger partial charge on any atom is -0.487 e. The van der Waals surface area contributed by atoms with Crippen molar-refractivity contribution in [1.29, 1.82) is 0 Å². The average molecular weight is 302 g/mol. The molecule has 5 heteroatoms. The van der Waals surface area contributed by atoms with Crippen LogP contribution in [0.25, 0.3) is 0 Å².